The van der Waals surface area contributed by atoms with E-state index < -0.39 is 22.1 Å². The van der Waals surface area contributed by atoms with Crippen molar-refractivity contribution in [1.82, 2.24) is 0 Å². The first-order valence-corrected chi connectivity index (χ1v) is 8.74. The SMILES string of the molecule is O=C(O)c1ccc(-c2ccc(S(=O)(=O)O)c3ccccc23)c(C(=O)O)c1. The van der Waals surface area contributed by atoms with Gasteiger partial charge in [-0.15, -0.1) is 0 Å². The number of rotatable bonds is 4. The van der Waals surface area contributed by atoms with Gasteiger partial charge in [0.05, 0.1) is 11.1 Å². The molecule has 0 aliphatic rings. The van der Waals surface area contributed by atoms with Gasteiger partial charge in [-0.25, -0.2) is 9.59 Å². The van der Waals surface area contributed by atoms with Crippen molar-refractivity contribution >= 4 is 32.8 Å². The largest absolute Gasteiger partial charge is 0.478 e. The van der Waals surface area contributed by atoms with Crippen LogP contribution in [0.4, 0.5) is 0 Å². The van der Waals surface area contributed by atoms with Crippen LogP contribution >= 0.6 is 0 Å². The molecule has 0 bridgehead atoms. The number of hydrogen-bond acceptors (Lipinski definition) is 4. The zero-order valence-electron chi connectivity index (χ0n) is 13.1. The Kier molecular flexibility index (Phi) is 4.23. The van der Waals surface area contributed by atoms with Crippen LogP contribution in [0.3, 0.4) is 0 Å². The lowest BCUT2D eigenvalue weighted by Gasteiger charge is -2.12. The zero-order chi connectivity index (χ0) is 19.1. The van der Waals surface area contributed by atoms with Crippen LogP contribution < -0.4 is 0 Å². The van der Waals surface area contributed by atoms with E-state index in [-0.39, 0.29) is 27.0 Å². The van der Waals surface area contributed by atoms with Gasteiger partial charge in [-0.1, -0.05) is 36.4 Å². The Morgan fingerprint density at radius 2 is 1.38 bits per heavy atom. The molecular formula is C18H12O7S. The van der Waals surface area contributed by atoms with Crippen LogP contribution in [0.25, 0.3) is 21.9 Å². The van der Waals surface area contributed by atoms with Crippen molar-refractivity contribution in [2.75, 3.05) is 0 Å². The van der Waals surface area contributed by atoms with Gasteiger partial charge in [0.15, 0.2) is 0 Å². The summed E-state index contributed by atoms with van der Waals surface area (Å²) in [4.78, 5) is 22.4. The second kappa shape index (κ2) is 6.25. The van der Waals surface area contributed by atoms with E-state index in [9.17, 15) is 27.7 Å². The van der Waals surface area contributed by atoms with Crippen LogP contribution in [0, 0.1) is 0 Å². The molecule has 0 aliphatic heterocycles. The van der Waals surface area contributed by atoms with Crippen molar-refractivity contribution in [3.05, 3.63) is 65.7 Å². The van der Waals surface area contributed by atoms with Gasteiger partial charge in [0.1, 0.15) is 4.90 Å². The molecule has 0 amide bonds. The van der Waals surface area contributed by atoms with Crippen LogP contribution in [0.2, 0.25) is 0 Å². The Labute approximate surface area is 147 Å². The first-order chi connectivity index (χ1) is 12.2. The first kappa shape index (κ1) is 17.6. The van der Waals surface area contributed by atoms with Gasteiger partial charge in [0.25, 0.3) is 10.1 Å². The van der Waals surface area contributed by atoms with Crippen LogP contribution in [0.1, 0.15) is 20.7 Å². The van der Waals surface area contributed by atoms with E-state index in [2.05, 4.69) is 0 Å². The summed E-state index contributed by atoms with van der Waals surface area (Å²) in [7, 11) is -4.47. The molecule has 0 unspecified atom stereocenters. The van der Waals surface area contributed by atoms with Crippen LogP contribution in [-0.2, 0) is 10.1 Å². The number of benzene rings is 3. The highest BCUT2D eigenvalue weighted by molar-refractivity contribution is 7.86. The van der Waals surface area contributed by atoms with Crippen molar-refractivity contribution in [1.29, 1.82) is 0 Å². The topological polar surface area (TPSA) is 129 Å². The number of carboxylic acid groups (broad SMARTS) is 2. The Morgan fingerprint density at radius 1 is 0.769 bits per heavy atom. The van der Waals surface area contributed by atoms with E-state index in [1.165, 1.54) is 30.3 Å². The lowest BCUT2D eigenvalue weighted by atomic mass is 9.93. The molecule has 0 radical (unpaired) electrons. The summed E-state index contributed by atoms with van der Waals surface area (Å²) in [5.41, 5.74) is 0.239. The van der Waals surface area contributed by atoms with Gasteiger partial charge in [0.2, 0.25) is 0 Å². The third kappa shape index (κ3) is 3.03. The molecule has 0 saturated heterocycles. The maximum absolute atomic E-state index is 11.6. The van der Waals surface area contributed by atoms with E-state index in [1.807, 2.05) is 0 Å². The number of carboxylic acids is 2. The molecular weight excluding hydrogens is 360 g/mol. The van der Waals surface area contributed by atoms with Crippen LogP contribution in [0.5, 0.6) is 0 Å². The van der Waals surface area contributed by atoms with Gasteiger partial charge < -0.3 is 10.2 Å². The molecule has 0 aromatic heterocycles. The Bertz CT molecular complexity index is 1160. The summed E-state index contributed by atoms with van der Waals surface area (Å²) in [5.74, 6) is -2.57. The number of hydrogen-bond donors (Lipinski definition) is 3. The molecule has 26 heavy (non-hydrogen) atoms. The third-order valence-electron chi connectivity index (χ3n) is 3.95. The van der Waals surface area contributed by atoms with Gasteiger partial charge in [-0.3, -0.25) is 4.55 Å². The standard InChI is InChI=1S/C18H12O7S/c19-17(20)10-5-6-13(15(9-10)18(21)22)12-7-8-16(26(23,24)25)14-4-2-1-3-11(12)14/h1-9H,(H,19,20)(H,21,22)(H,23,24,25). The molecule has 0 aliphatic carbocycles. The molecule has 0 atom stereocenters. The maximum atomic E-state index is 11.6. The molecule has 3 N–H and O–H groups in total. The summed E-state index contributed by atoms with van der Waals surface area (Å²) in [6.45, 7) is 0. The Balaban J connectivity index is 2.38. The Hall–Kier alpha value is -3.23. The van der Waals surface area contributed by atoms with Gasteiger partial charge in [0, 0.05) is 5.39 Å². The second-order valence-corrected chi connectivity index (χ2v) is 6.89. The predicted molar refractivity (Wildman–Crippen MR) is 93.1 cm³/mol. The van der Waals surface area contributed by atoms with E-state index in [0.29, 0.717) is 10.9 Å². The molecule has 3 rings (SSSR count). The number of carbonyl (C=O) groups is 2. The van der Waals surface area contributed by atoms with Crippen LogP contribution in [-0.4, -0.2) is 35.1 Å². The highest BCUT2D eigenvalue weighted by Crippen LogP contribution is 2.34. The Morgan fingerprint density at radius 3 is 1.96 bits per heavy atom. The summed E-state index contributed by atoms with van der Waals surface area (Å²) >= 11 is 0. The molecule has 3 aromatic rings. The fourth-order valence-electron chi connectivity index (χ4n) is 2.82. The zero-order valence-corrected chi connectivity index (χ0v) is 13.9. The van der Waals surface area contributed by atoms with E-state index in [0.717, 1.165) is 6.07 Å². The smallest absolute Gasteiger partial charge is 0.336 e. The molecule has 132 valence electrons. The summed E-state index contributed by atoms with van der Waals surface area (Å²) < 4.78 is 32.6. The molecule has 8 heteroatoms. The van der Waals surface area contributed by atoms with Gasteiger partial charge in [-0.2, -0.15) is 8.42 Å². The summed E-state index contributed by atoms with van der Waals surface area (Å²) in [6, 6.07) is 12.6. The van der Waals surface area contributed by atoms with Crippen molar-refractivity contribution in [2.24, 2.45) is 0 Å². The lowest BCUT2D eigenvalue weighted by Crippen LogP contribution is -2.05. The molecule has 3 aromatic carbocycles. The normalized spacial score (nSPS) is 11.4. The molecule has 0 fully saturated rings. The van der Waals surface area contributed by atoms with Crippen molar-refractivity contribution < 1.29 is 32.8 Å². The molecule has 0 saturated carbocycles. The fraction of sp³-hybridized carbons (Fsp3) is 0. The van der Waals surface area contributed by atoms with Crippen molar-refractivity contribution in [2.45, 2.75) is 4.90 Å². The average Bonchev–Trinajstić information content (AvgIpc) is 2.59. The predicted octanol–water partition coefficient (Wildman–Crippen LogP) is 3.15. The monoisotopic (exact) mass is 372 g/mol. The quantitative estimate of drug-likeness (QED) is 0.600. The third-order valence-corrected chi connectivity index (χ3v) is 4.86. The molecule has 0 spiro atoms. The highest BCUT2D eigenvalue weighted by atomic mass is 32.2. The van der Waals surface area contributed by atoms with Gasteiger partial charge in [-0.05, 0) is 34.7 Å². The summed E-state index contributed by atoms with van der Waals surface area (Å²) in [6.07, 6.45) is 0. The average molecular weight is 372 g/mol. The van der Waals surface area contributed by atoms with E-state index in [4.69, 9.17) is 5.11 Å². The minimum absolute atomic E-state index is 0.176. The first-order valence-electron chi connectivity index (χ1n) is 7.30. The number of aromatic carboxylic acids is 2. The van der Waals surface area contributed by atoms with E-state index >= 15 is 0 Å². The van der Waals surface area contributed by atoms with Crippen LogP contribution in [0.15, 0.2) is 59.5 Å². The summed E-state index contributed by atoms with van der Waals surface area (Å²) in [5, 5.41) is 19.2. The second-order valence-electron chi connectivity index (χ2n) is 5.50. The van der Waals surface area contributed by atoms with E-state index in [1.54, 1.807) is 18.2 Å². The lowest BCUT2D eigenvalue weighted by molar-refractivity contribution is 0.0696. The number of fused-ring (bicyclic) bond motifs is 1. The van der Waals surface area contributed by atoms with Gasteiger partial charge >= 0.3 is 11.9 Å². The van der Waals surface area contributed by atoms with Crippen molar-refractivity contribution in [3.8, 4) is 11.1 Å². The maximum Gasteiger partial charge on any atom is 0.336 e. The molecule has 0 heterocycles. The molecule has 7 nitrogen and oxygen atoms in total. The highest BCUT2D eigenvalue weighted by Gasteiger charge is 2.20. The minimum Gasteiger partial charge on any atom is -0.478 e. The van der Waals surface area contributed by atoms with Crippen molar-refractivity contribution in [3.63, 3.8) is 0 Å². The minimum atomic E-state index is -4.47. The fourth-order valence-corrected chi connectivity index (χ4v) is 3.52.